The standard InChI is InChI=1S/C9H17BrN4O/c1-13-9(11-8-12-13)7-14(4-3-10)5-6-15-2/h8H,3-7H2,1-2H3. The molecule has 0 unspecified atom stereocenters. The van der Waals surface area contributed by atoms with Gasteiger partial charge < -0.3 is 4.74 Å². The van der Waals surface area contributed by atoms with Crippen LogP contribution in [0.3, 0.4) is 0 Å². The molecule has 0 aliphatic rings. The highest BCUT2D eigenvalue weighted by Crippen LogP contribution is 2.00. The van der Waals surface area contributed by atoms with Crippen molar-refractivity contribution in [3.8, 4) is 0 Å². The van der Waals surface area contributed by atoms with Crippen LogP contribution in [0.4, 0.5) is 0 Å². The van der Waals surface area contributed by atoms with Gasteiger partial charge in [-0.3, -0.25) is 9.58 Å². The van der Waals surface area contributed by atoms with Gasteiger partial charge in [0.25, 0.3) is 0 Å². The summed E-state index contributed by atoms with van der Waals surface area (Å²) in [4.78, 5) is 6.48. The zero-order valence-corrected chi connectivity index (χ0v) is 10.8. The molecule has 0 spiro atoms. The fourth-order valence-corrected chi connectivity index (χ4v) is 1.77. The SMILES string of the molecule is COCCN(CCBr)Cc1ncnn1C. The third-order valence-corrected chi connectivity index (χ3v) is 2.54. The second-order valence-electron chi connectivity index (χ2n) is 3.26. The topological polar surface area (TPSA) is 43.2 Å². The minimum Gasteiger partial charge on any atom is -0.383 e. The van der Waals surface area contributed by atoms with E-state index in [9.17, 15) is 0 Å². The van der Waals surface area contributed by atoms with Crippen molar-refractivity contribution in [2.75, 3.05) is 32.1 Å². The van der Waals surface area contributed by atoms with Crippen LogP contribution < -0.4 is 0 Å². The van der Waals surface area contributed by atoms with Crippen molar-refractivity contribution in [2.24, 2.45) is 7.05 Å². The summed E-state index contributed by atoms with van der Waals surface area (Å²) < 4.78 is 6.87. The van der Waals surface area contributed by atoms with Gasteiger partial charge in [-0.25, -0.2) is 4.98 Å². The molecule has 0 N–H and O–H groups in total. The largest absolute Gasteiger partial charge is 0.383 e. The maximum absolute atomic E-state index is 5.07. The van der Waals surface area contributed by atoms with E-state index in [1.54, 1.807) is 18.1 Å². The molecule has 0 aliphatic heterocycles. The number of nitrogens with zero attached hydrogens (tertiary/aromatic N) is 4. The Labute approximate surface area is 98.6 Å². The van der Waals surface area contributed by atoms with Gasteiger partial charge in [-0.15, -0.1) is 0 Å². The fraction of sp³-hybridized carbons (Fsp3) is 0.778. The lowest BCUT2D eigenvalue weighted by Gasteiger charge is -2.19. The number of hydrogen-bond acceptors (Lipinski definition) is 4. The minimum atomic E-state index is 0.741. The van der Waals surface area contributed by atoms with E-state index in [2.05, 4.69) is 30.9 Å². The van der Waals surface area contributed by atoms with Gasteiger partial charge in [-0.1, -0.05) is 15.9 Å². The van der Waals surface area contributed by atoms with E-state index < -0.39 is 0 Å². The lowest BCUT2D eigenvalue weighted by molar-refractivity contribution is 0.146. The summed E-state index contributed by atoms with van der Waals surface area (Å²) in [6.45, 7) is 3.45. The summed E-state index contributed by atoms with van der Waals surface area (Å²) in [6, 6.07) is 0. The highest BCUT2D eigenvalue weighted by atomic mass is 79.9. The zero-order valence-electron chi connectivity index (χ0n) is 9.19. The maximum atomic E-state index is 5.07. The normalized spacial score (nSPS) is 11.2. The predicted octanol–water partition coefficient (Wildman–Crippen LogP) is 0.658. The summed E-state index contributed by atoms with van der Waals surface area (Å²) in [7, 11) is 3.62. The van der Waals surface area contributed by atoms with Crippen LogP contribution in [0.1, 0.15) is 5.82 Å². The van der Waals surface area contributed by atoms with E-state index >= 15 is 0 Å². The van der Waals surface area contributed by atoms with Gasteiger partial charge in [0.05, 0.1) is 13.2 Å². The Bertz CT molecular complexity index is 279. The number of aromatic nitrogens is 3. The average Bonchev–Trinajstić information content (AvgIpc) is 2.61. The first kappa shape index (κ1) is 12.6. The summed E-state index contributed by atoms with van der Waals surface area (Å²) in [5.74, 6) is 0.979. The van der Waals surface area contributed by atoms with Crippen LogP contribution in [0.2, 0.25) is 0 Å². The van der Waals surface area contributed by atoms with Crippen molar-refractivity contribution in [3.05, 3.63) is 12.2 Å². The van der Waals surface area contributed by atoms with E-state index in [1.807, 2.05) is 7.05 Å². The van der Waals surface area contributed by atoms with Gasteiger partial charge in [0, 0.05) is 32.6 Å². The van der Waals surface area contributed by atoms with Crippen LogP contribution in [0.25, 0.3) is 0 Å². The monoisotopic (exact) mass is 276 g/mol. The molecular weight excluding hydrogens is 260 g/mol. The van der Waals surface area contributed by atoms with Gasteiger partial charge in [0.15, 0.2) is 0 Å². The molecule has 1 heterocycles. The minimum absolute atomic E-state index is 0.741. The van der Waals surface area contributed by atoms with E-state index in [1.165, 1.54) is 0 Å². The summed E-state index contributed by atoms with van der Waals surface area (Å²) >= 11 is 3.44. The number of rotatable bonds is 7. The number of hydrogen-bond donors (Lipinski definition) is 0. The molecule has 15 heavy (non-hydrogen) atoms. The van der Waals surface area contributed by atoms with E-state index in [4.69, 9.17) is 4.74 Å². The molecule has 0 fully saturated rings. The van der Waals surface area contributed by atoms with Crippen LogP contribution in [-0.2, 0) is 18.3 Å². The number of aryl methyl sites for hydroxylation is 1. The first-order valence-electron chi connectivity index (χ1n) is 4.88. The van der Waals surface area contributed by atoms with E-state index in [-0.39, 0.29) is 0 Å². The highest BCUT2D eigenvalue weighted by Gasteiger charge is 2.08. The molecule has 86 valence electrons. The molecule has 0 amide bonds. The Balaban J connectivity index is 2.46. The van der Waals surface area contributed by atoms with Crippen molar-refractivity contribution in [2.45, 2.75) is 6.54 Å². The van der Waals surface area contributed by atoms with E-state index in [0.29, 0.717) is 0 Å². The molecule has 0 bridgehead atoms. The summed E-state index contributed by atoms with van der Waals surface area (Å²) in [5.41, 5.74) is 0. The first-order valence-corrected chi connectivity index (χ1v) is 6.00. The Morgan fingerprint density at radius 3 is 2.87 bits per heavy atom. The van der Waals surface area contributed by atoms with Gasteiger partial charge in [0.2, 0.25) is 0 Å². The van der Waals surface area contributed by atoms with Gasteiger partial charge in [-0.2, -0.15) is 5.10 Å². The van der Waals surface area contributed by atoms with Crippen LogP contribution in [0.5, 0.6) is 0 Å². The van der Waals surface area contributed by atoms with Crippen molar-refractivity contribution in [1.29, 1.82) is 0 Å². The third-order valence-electron chi connectivity index (χ3n) is 2.18. The predicted molar refractivity (Wildman–Crippen MR) is 62.0 cm³/mol. The van der Waals surface area contributed by atoms with Crippen molar-refractivity contribution in [1.82, 2.24) is 19.7 Å². The molecule has 0 atom stereocenters. The Hall–Kier alpha value is -0.460. The van der Waals surface area contributed by atoms with Crippen LogP contribution in [0.15, 0.2) is 6.33 Å². The molecule has 0 aliphatic carbocycles. The second kappa shape index (κ2) is 6.92. The molecule has 5 nitrogen and oxygen atoms in total. The molecule has 1 aromatic rings. The summed E-state index contributed by atoms with van der Waals surface area (Å²) in [6.07, 6.45) is 1.58. The van der Waals surface area contributed by atoms with Crippen LogP contribution in [0, 0.1) is 0 Å². The van der Waals surface area contributed by atoms with Gasteiger partial charge in [-0.05, 0) is 0 Å². The van der Waals surface area contributed by atoms with Gasteiger partial charge in [0.1, 0.15) is 12.2 Å². The average molecular weight is 277 g/mol. The van der Waals surface area contributed by atoms with Crippen LogP contribution in [-0.4, -0.2) is 51.8 Å². The summed E-state index contributed by atoms with van der Waals surface area (Å²) in [5, 5.41) is 5.00. The second-order valence-corrected chi connectivity index (χ2v) is 4.05. The van der Waals surface area contributed by atoms with Crippen molar-refractivity contribution >= 4 is 15.9 Å². The number of halogens is 1. The van der Waals surface area contributed by atoms with Gasteiger partial charge >= 0.3 is 0 Å². The third kappa shape index (κ3) is 4.27. The smallest absolute Gasteiger partial charge is 0.140 e. The lowest BCUT2D eigenvalue weighted by atomic mass is 10.4. The van der Waals surface area contributed by atoms with Crippen molar-refractivity contribution in [3.63, 3.8) is 0 Å². The molecule has 0 saturated heterocycles. The molecule has 1 rings (SSSR count). The molecule has 0 saturated carbocycles. The molecule has 0 aromatic carbocycles. The highest BCUT2D eigenvalue weighted by molar-refractivity contribution is 9.09. The quantitative estimate of drug-likeness (QED) is 0.687. The Morgan fingerprint density at radius 2 is 2.33 bits per heavy atom. The maximum Gasteiger partial charge on any atom is 0.140 e. The zero-order chi connectivity index (χ0) is 11.1. The number of methoxy groups -OCH3 is 1. The number of ether oxygens (including phenoxy) is 1. The van der Waals surface area contributed by atoms with E-state index in [0.717, 1.165) is 37.4 Å². The fourth-order valence-electron chi connectivity index (χ4n) is 1.27. The Kier molecular flexibility index (Phi) is 5.82. The van der Waals surface area contributed by atoms with Crippen molar-refractivity contribution < 1.29 is 4.74 Å². The lowest BCUT2D eigenvalue weighted by Crippen LogP contribution is -2.30. The molecule has 1 aromatic heterocycles. The Morgan fingerprint density at radius 1 is 1.53 bits per heavy atom. The number of alkyl halides is 1. The molecule has 0 radical (unpaired) electrons. The van der Waals surface area contributed by atoms with Crippen LogP contribution >= 0.6 is 15.9 Å². The molecular formula is C9H17BrN4O. The molecule has 6 heteroatoms. The first-order chi connectivity index (χ1) is 7.27.